The van der Waals surface area contributed by atoms with Gasteiger partial charge in [0.15, 0.2) is 5.13 Å². The lowest BCUT2D eigenvalue weighted by Gasteiger charge is -2.16. The van der Waals surface area contributed by atoms with Gasteiger partial charge in [0.05, 0.1) is 5.75 Å². The minimum atomic E-state index is -0.0106. The average molecular weight is 355 g/mol. The average Bonchev–Trinajstić information content (AvgIpc) is 2.83. The van der Waals surface area contributed by atoms with E-state index in [0.717, 1.165) is 21.9 Å². The number of hydrogen-bond donors (Lipinski definition) is 1. The van der Waals surface area contributed by atoms with Crippen molar-refractivity contribution in [3.8, 4) is 0 Å². The Balaban J connectivity index is 1.90. The van der Waals surface area contributed by atoms with Crippen molar-refractivity contribution in [2.45, 2.75) is 31.9 Å². The van der Waals surface area contributed by atoms with Crippen molar-refractivity contribution in [2.75, 3.05) is 11.1 Å². The first kappa shape index (κ1) is 17.3. The number of anilines is 1. The highest BCUT2D eigenvalue weighted by Gasteiger charge is 2.14. The Bertz CT molecular complexity index is 650. The fraction of sp³-hybridized carbons (Fsp3) is 0.375. The zero-order valence-corrected chi connectivity index (χ0v) is 15.2. The van der Waals surface area contributed by atoms with Gasteiger partial charge in [-0.2, -0.15) is 0 Å². The third-order valence-electron chi connectivity index (χ3n) is 2.70. The number of nitrogens with one attached hydrogen (secondary N) is 1. The van der Waals surface area contributed by atoms with Crippen LogP contribution in [-0.2, 0) is 11.2 Å². The molecule has 6 heteroatoms. The first-order valence-electron chi connectivity index (χ1n) is 6.95. The van der Waals surface area contributed by atoms with Crippen molar-refractivity contribution in [1.29, 1.82) is 0 Å². The topological polar surface area (TPSA) is 42.0 Å². The van der Waals surface area contributed by atoms with Gasteiger partial charge in [0.1, 0.15) is 0 Å². The second kappa shape index (κ2) is 7.49. The number of hydrogen-bond acceptors (Lipinski definition) is 4. The van der Waals surface area contributed by atoms with E-state index < -0.39 is 0 Å². The first-order chi connectivity index (χ1) is 10.3. The lowest BCUT2D eigenvalue weighted by molar-refractivity contribution is -0.113. The number of thioether (sulfide) groups is 1. The molecule has 118 valence electrons. The maximum atomic E-state index is 11.9. The standard InChI is InChI=1S/C16H19ClN2OS2/c1-16(2,3)21-10-14(20)19-15-18-9-13(22-15)8-11-5-4-6-12(17)7-11/h4-7,9H,8,10H2,1-3H3,(H,18,19,20). The molecule has 0 saturated heterocycles. The molecule has 0 bridgehead atoms. The Morgan fingerprint density at radius 1 is 1.41 bits per heavy atom. The molecule has 1 heterocycles. The van der Waals surface area contributed by atoms with E-state index in [2.05, 4.69) is 31.1 Å². The monoisotopic (exact) mass is 354 g/mol. The van der Waals surface area contributed by atoms with Gasteiger partial charge in [-0.1, -0.05) is 44.5 Å². The van der Waals surface area contributed by atoms with Crippen LogP contribution in [0.3, 0.4) is 0 Å². The molecular formula is C16H19ClN2OS2. The van der Waals surface area contributed by atoms with E-state index >= 15 is 0 Å². The van der Waals surface area contributed by atoms with Crippen molar-refractivity contribution in [1.82, 2.24) is 4.98 Å². The zero-order chi connectivity index (χ0) is 16.2. The molecule has 3 nitrogen and oxygen atoms in total. The highest BCUT2D eigenvalue weighted by Crippen LogP contribution is 2.25. The van der Waals surface area contributed by atoms with Gasteiger partial charge in [0, 0.05) is 27.3 Å². The number of nitrogens with zero attached hydrogens (tertiary/aromatic N) is 1. The molecule has 1 aromatic carbocycles. The summed E-state index contributed by atoms with van der Waals surface area (Å²) in [5.41, 5.74) is 1.14. The molecule has 2 rings (SSSR count). The van der Waals surface area contributed by atoms with Crippen LogP contribution in [0.15, 0.2) is 30.5 Å². The smallest absolute Gasteiger partial charge is 0.236 e. The number of amides is 1. The Labute approximate surface area is 144 Å². The van der Waals surface area contributed by atoms with Gasteiger partial charge in [-0.3, -0.25) is 4.79 Å². The van der Waals surface area contributed by atoms with Gasteiger partial charge < -0.3 is 5.32 Å². The Morgan fingerprint density at radius 2 is 2.18 bits per heavy atom. The molecule has 0 radical (unpaired) electrons. The summed E-state index contributed by atoms with van der Waals surface area (Å²) < 4.78 is 0.0813. The van der Waals surface area contributed by atoms with E-state index in [1.165, 1.54) is 11.3 Å². The molecule has 0 unspecified atom stereocenters. The number of thiazole rings is 1. The summed E-state index contributed by atoms with van der Waals surface area (Å²) >= 11 is 9.11. The van der Waals surface area contributed by atoms with Crippen LogP contribution in [-0.4, -0.2) is 21.4 Å². The Kier molecular flexibility index (Phi) is 5.89. The van der Waals surface area contributed by atoms with Crippen LogP contribution in [0, 0.1) is 0 Å². The minimum Gasteiger partial charge on any atom is -0.301 e. The van der Waals surface area contributed by atoms with Crippen LogP contribution in [0.5, 0.6) is 0 Å². The van der Waals surface area contributed by atoms with E-state index in [0.29, 0.717) is 10.9 Å². The second-order valence-electron chi connectivity index (χ2n) is 5.89. The van der Waals surface area contributed by atoms with Gasteiger partial charge in [-0.15, -0.1) is 23.1 Å². The van der Waals surface area contributed by atoms with Crippen molar-refractivity contribution in [3.05, 3.63) is 45.9 Å². The number of rotatable bonds is 5. The largest absolute Gasteiger partial charge is 0.301 e. The van der Waals surface area contributed by atoms with Crippen molar-refractivity contribution >= 4 is 45.7 Å². The maximum Gasteiger partial charge on any atom is 0.236 e. The molecule has 0 spiro atoms. The summed E-state index contributed by atoms with van der Waals surface area (Å²) in [5, 5.41) is 4.23. The molecule has 0 saturated carbocycles. The molecule has 0 aliphatic rings. The van der Waals surface area contributed by atoms with Crippen LogP contribution >= 0.6 is 34.7 Å². The van der Waals surface area contributed by atoms with Crippen LogP contribution in [0.25, 0.3) is 0 Å². The fourth-order valence-corrected chi connectivity index (χ4v) is 3.44. The SMILES string of the molecule is CC(C)(C)SCC(=O)Nc1ncc(Cc2cccc(Cl)c2)s1. The number of benzene rings is 1. The predicted molar refractivity (Wildman–Crippen MR) is 97.2 cm³/mol. The third kappa shape index (κ3) is 5.99. The molecule has 0 aliphatic carbocycles. The van der Waals surface area contributed by atoms with E-state index in [1.807, 2.05) is 24.3 Å². The van der Waals surface area contributed by atoms with Crippen LogP contribution < -0.4 is 5.32 Å². The molecule has 1 N–H and O–H groups in total. The Hall–Kier alpha value is -1.04. The van der Waals surface area contributed by atoms with Crippen molar-refractivity contribution in [2.24, 2.45) is 0 Å². The summed E-state index contributed by atoms with van der Waals surface area (Å²) in [5.74, 6) is 0.427. The molecule has 0 aliphatic heterocycles. The number of carbonyl (C=O) groups excluding carboxylic acids is 1. The lowest BCUT2D eigenvalue weighted by Crippen LogP contribution is -2.18. The second-order valence-corrected chi connectivity index (χ2v) is 9.24. The van der Waals surface area contributed by atoms with E-state index in [-0.39, 0.29) is 10.7 Å². The molecule has 1 amide bonds. The first-order valence-corrected chi connectivity index (χ1v) is 9.13. The molecule has 0 fully saturated rings. The summed E-state index contributed by atoms with van der Waals surface area (Å²) in [7, 11) is 0. The van der Waals surface area contributed by atoms with E-state index in [9.17, 15) is 4.79 Å². The molecule has 0 atom stereocenters. The van der Waals surface area contributed by atoms with E-state index in [1.54, 1.807) is 18.0 Å². The van der Waals surface area contributed by atoms with Crippen LogP contribution in [0.2, 0.25) is 5.02 Å². The number of aromatic nitrogens is 1. The van der Waals surface area contributed by atoms with Crippen LogP contribution in [0.1, 0.15) is 31.2 Å². The zero-order valence-electron chi connectivity index (χ0n) is 12.9. The fourth-order valence-electron chi connectivity index (χ4n) is 1.73. The van der Waals surface area contributed by atoms with Crippen LogP contribution in [0.4, 0.5) is 5.13 Å². The molecule has 1 aromatic heterocycles. The lowest BCUT2D eigenvalue weighted by atomic mass is 10.1. The summed E-state index contributed by atoms with van der Waals surface area (Å²) in [6.07, 6.45) is 2.57. The normalized spacial score (nSPS) is 11.5. The van der Waals surface area contributed by atoms with Gasteiger partial charge in [-0.25, -0.2) is 4.98 Å². The number of carbonyl (C=O) groups is 1. The maximum absolute atomic E-state index is 11.9. The summed E-state index contributed by atoms with van der Waals surface area (Å²) in [6.45, 7) is 6.28. The van der Waals surface area contributed by atoms with E-state index in [4.69, 9.17) is 11.6 Å². The van der Waals surface area contributed by atoms with Gasteiger partial charge in [0.25, 0.3) is 0 Å². The van der Waals surface area contributed by atoms with Gasteiger partial charge in [0.2, 0.25) is 5.91 Å². The molecular weight excluding hydrogens is 336 g/mol. The van der Waals surface area contributed by atoms with Crippen molar-refractivity contribution < 1.29 is 4.79 Å². The number of halogens is 1. The predicted octanol–water partition coefficient (Wildman–Crippen LogP) is 4.86. The van der Waals surface area contributed by atoms with Gasteiger partial charge >= 0.3 is 0 Å². The summed E-state index contributed by atoms with van der Waals surface area (Å²) in [6, 6.07) is 7.77. The highest BCUT2D eigenvalue weighted by atomic mass is 35.5. The quantitative estimate of drug-likeness (QED) is 0.833. The third-order valence-corrected chi connectivity index (χ3v) is 5.12. The minimum absolute atomic E-state index is 0.0106. The highest BCUT2D eigenvalue weighted by molar-refractivity contribution is 8.01. The van der Waals surface area contributed by atoms with Crippen molar-refractivity contribution in [3.63, 3.8) is 0 Å². The Morgan fingerprint density at radius 3 is 2.86 bits per heavy atom. The van der Waals surface area contributed by atoms with Gasteiger partial charge in [-0.05, 0) is 17.7 Å². The molecule has 2 aromatic rings. The summed E-state index contributed by atoms with van der Waals surface area (Å²) in [4.78, 5) is 17.3. The molecule has 22 heavy (non-hydrogen) atoms.